The fourth-order valence-corrected chi connectivity index (χ4v) is 3.99. The second kappa shape index (κ2) is 5.93. The van der Waals surface area contributed by atoms with Gasteiger partial charge in [-0.1, -0.05) is 6.42 Å². The fourth-order valence-electron chi connectivity index (χ4n) is 2.39. The zero-order valence-electron chi connectivity index (χ0n) is 11.8. The minimum absolute atomic E-state index is 0.240. The van der Waals surface area contributed by atoms with Crippen molar-refractivity contribution in [1.29, 1.82) is 0 Å². The lowest BCUT2D eigenvalue weighted by Crippen LogP contribution is -2.35. The average molecular weight is 297 g/mol. The van der Waals surface area contributed by atoms with Crippen molar-refractivity contribution < 1.29 is 17.9 Å². The van der Waals surface area contributed by atoms with Crippen molar-refractivity contribution in [2.75, 3.05) is 20.2 Å². The molecule has 1 aliphatic rings. The van der Waals surface area contributed by atoms with E-state index in [1.807, 2.05) is 0 Å². The van der Waals surface area contributed by atoms with Crippen LogP contribution in [-0.4, -0.2) is 38.9 Å². The van der Waals surface area contributed by atoms with Gasteiger partial charge in [-0.2, -0.15) is 4.31 Å². The minimum Gasteiger partial charge on any atom is -0.465 e. The summed E-state index contributed by atoms with van der Waals surface area (Å²) in [4.78, 5) is 11.8. The molecule has 0 bridgehead atoms. The maximum atomic E-state index is 12.5. The van der Waals surface area contributed by atoms with Crippen LogP contribution in [-0.2, 0) is 14.8 Å². The molecule has 6 heteroatoms. The van der Waals surface area contributed by atoms with Crippen molar-refractivity contribution in [2.45, 2.75) is 31.1 Å². The molecule has 0 amide bonds. The summed E-state index contributed by atoms with van der Waals surface area (Å²) in [5, 5.41) is 0. The van der Waals surface area contributed by atoms with Gasteiger partial charge in [-0.3, -0.25) is 0 Å². The van der Waals surface area contributed by atoms with Crippen LogP contribution in [0, 0.1) is 6.92 Å². The van der Waals surface area contributed by atoms with Gasteiger partial charge >= 0.3 is 5.97 Å². The third-order valence-corrected chi connectivity index (χ3v) is 5.45. The number of esters is 1. The van der Waals surface area contributed by atoms with E-state index in [-0.39, 0.29) is 4.90 Å². The zero-order chi connectivity index (χ0) is 14.8. The summed E-state index contributed by atoms with van der Waals surface area (Å²) in [6.07, 6.45) is 2.88. The number of piperidine rings is 1. The van der Waals surface area contributed by atoms with Gasteiger partial charge in [0, 0.05) is 13.1 Å². The van der Waals surface area contributed by atoms with Crippen molar-refractivity contribution in [1.82, 2.24) is 4.31 Å². The largest absolute Gasteiger partial charge is 0.465 e. The highest BCUT2D eigenvalue weighted by Crippen LogP contribution is 2.22. The highest BCUT2D eigenvalue weighted by molar-refractivity contribution is 7.89. The molecule has 0 aliphatic carbocycles. The molecular formula is C14H19NO4S. The first-order chi connectivity index (χ1) is 9.46. The van der Waals surface area contributed by atoms with E-state index in [2.05, 4.69) is 4.74 Å². The van der Waals surface area contributed by atoms with E-state index in [1.54, 1.807) is 6.92 Å². The Hall–Kier alpha value is -1.40. The van der Waals surface area contributed by atoms with Crippen molar-refractivity contribution in [3.8, 4) is 0 Å². The molecule has 20 heavy (non-hydrogen) atoms. The Morgan fingerprint density at radius 2 is 1.85 bits per heavy atom. The molecular weight excluding hydrogens is 278 g/mol. The molecule has 0 N–H and O–H groups in total. The Labute approximate surface area is 119 Å². The summed E-state index contributed by atoms with van der Waals surface area (Å²) in [6.45, 7) is 2.85. The predicted octanol–water partition coefficient (Wildman–Crippen LogP) is 1.96. The summed E-state index contributed by atoms with van der Waals surface area (Å²) >= 11 is 0. The van der Waals surface area contributed by atoms with Gasteiger partial charge in [-0.25, -0.2) is 13.2 Å². The predicted molar refractivity (Wildman–Crippen MR) is 75.1 cm³/mol. The van der Waals surface area contributed by atoms with Crippen LogP contribution >= 0.6 is 0 Å². The Morgan fingerprint density at radius 1 is 1.20 bits per heavy atom. The van der Waals surface area contributed by atoms with Gasteiger partial charge in [0.25, 0.3) is 0 Å². The van der Waals surface area contributed by atoms with Gasteiger partial charge in [-0.05, 0) is 43.5 Å². The molecule has 0 saturated carbocycles. The Balaban J connectivity index is 2.33. The quantitative estimate of drug-likeness (QED) is 0.800. The van der Waals surface area contributed by atoms with Crippen LogP contribution in [0.1, 0.15) is 35.2 Å². The maximum Gasteiger partial charge on any atom is 0.338 e. The van der Waals surface area contributed by atoms with Crippen LogP contribution in [0.3, 0.4) is 0 Å². The van der Waals surface area contributed by atoms with Crippen LogP contribution < -0.4 is 0 Å². The fraction of sp³-hybridized carbons (Fsp3) is 0.500. The van der Waals surface area contributed by atoms with E-state index in [0.29, 0.717) is 24.2 Å². The van der Waals surface area contributed by atoms with E-state index < -0.39 is 16.0 Å². The number of methoxy groups -OCH3 is 1. The minimum atomic E-state index is -3.45. The monoisotopic (exact) mass is 297 g/mol. The molecule has 1 aliphatic heterocycles. The summed E-state index contributed by atoms with van der Waals surface area (Å²) in [6, 6.07) is 4.53. The molecule has 5 nitrogen and oxygen atoms in total. The second-order valence-electron chi connectivity index (χ2n) is 4.93. The lowest BCUT2D eigenvalue weighted by molar-refractivity contribution is 0.0600. The Morgan fingerprint density at radius 3 is 2.40 bits per heavy atom. The standard InChI is InChI=1S/C14H19NO4S/c1-11-10-12(6-7-13(11)14(16)19-2)20(17,18)15-8-4-3-5-9-15/h6-7,10H,3-5,8-9H2,1-2H3. The van der Waals surface area contributed by atoms with Crippen LogP contribution in [0.4, 0.5) is 0 Å². The molecule has 1 aromatic rings. The number of hydrogen-bond acceptors (Lipinski definition) is 4. The van der Waals surface area contributed by atoms with Crippen molar-refractivity contribution in [3.05, 3.63) is 29.3 Å². The van der Waals surface area contributed by atoms with Crippen LogP contribution in [0.25, 0.3) is 0 Å². The van der Waals surface area contributed by atoms with E-state index in [1.165, 1.54) is 29.6 Å². The van der Waals surface area contributed by atoms with Gasteiger partial charge in [0.2, 0.25) is 10.0 Å². The number of carbonyl (C=O) groups excluding carboxylic acids is 1. The normalized spacial score (nSPS) is 16.9. The number of sulfonamides is 1. The zero-order valence-corrected chi connectivity index (χ0v) is 12.6. The van der Waals surface area contributed by atoms with Gasteiger partial charge in [0.15, 0.2) is 0 Å². The Bertz CT molecular complexity index is 604. The molecule has 0 radical (unpaired) electrons. The lowest BCUT2D eigenvalue weighted by atomic mass is 10.1. The van der Waals surface area contributed by atoms with Gasteiger partial charge in [0.1, 0.15) is 0 Å². The molecule has 0 aromatic heterocycles. The molecule has 1 saturated heterocycles. The first kappa shape index (κ1) is 15.0. The molecule has 0 unspecified atom stereocenters. The Kier molecular flexibility index (Phi) is 4.45. The smallest absolute Gasteiger partial charge is 0.338 e. The summed E-state index contributed by atoms with van der Waals surface area (Å²) in [5.74, 6) is -0.454. The molecule has 0 spiro atoms. The topological polar surface area (TPSA) is 63.7 Å². The van der Waals surface area contributed by atoms with Crippen LogP contribution in [0.5, 0.6) is 0 Å². The molecule has 1 aromatic carbocycles. The highest BCUT2D eigenvalue weighted by Gasteiger charge is 2.26. The molecule has 0 atom stereocenters. The SMILES string of the molecule is COC(=O)c1ccc(S(=O)(=O)N2CCCCC2)cc1C. The number of carbonyl (C=O) groups is 1. The maximum absolute atomic E-state index is 12.5. The number of ether oxygens (including phenoxy) is 1. The number of hydrogen-bond donors (Lipinski definition) is 0. The summed E-state index contributed by atoms with van der Waals surface area (Å²) in [7, 11) is -2.15. The van der Waals surface area contributed by atoms with Crippen molar-refractivity contribution in [3.63, 3.8) is 0 Å². The third-order valence-electron chi connectivity index (χ3n) is 3.56. The third kappa shape index (κ3) is 2.86. The van der Waals surface area contributed by atoms with Gasteiger partial charge in [-0.15, -0.1) is 0 Å². The van der Waals surface area contributed by atoms with Crippen molar-refractivity contribution >= 4 is 16.0 Å². The van der Waals surface area contributed by atoms with Crippen molar-refractivity contribution in [2.24, 2.45) is 0 Å². The van der Waals surface area contributed by atoms with Gasteiger partial charge < -0.3 is 4.74 Å². The average Bonchev–Trinajstić information content (AvgIpc) is 2.47. The van der Waals surface area contributed by atoms with E-state index >= 15 is 0 Å². The van der Waals surface area contributed by atoms with E-state index in [9.17, 15) is 13.2 Å². The molecule has 2 rings (SSSR count). The molecule has 110 valence electrons. The summed E-state index contributed by atoms with van der Waals surface area (Å²) in [5.41, 5.74) is 1.00. The first-order valence-electron chi connectivity index (χ1n) is 6.66. The number of nitrogens with zero attached hydrogens (tertiary/aromatic N) is 1. The number of benzene rings is 1. The lowest BCUT2D eigenvalue weighted by Gasteiger charge is -2.26. The molecule has 1 heterocycles. The first-order valence-corrected chi connectivity index (χ1v) is 8.10. The van der Waals surface area contributed by atoms with E-state index in [0.717, 1.165) is 19.3 Å². The number of rotatable bonds is 3. The highest BCUT2D eigenvalue weighted by atomic mass is 32.2. The number of aryl methyl sites for hydroxylation is 1. The molecule has 1 fully saturated rings. The van der Waals surface area contributed by atoms with E-state index in [4.69, 9.17) is 0 Å². The van der Waals surface area contributed by atoms with Crippen LogP contribution in [0.2, 0.25) is 0 Å². The second-order valence-corrected chi connectivity index (χ2v) is 6.87. The van der Waals surface area contributed by atoms with Crippen LogP contribution in [0.15, 0.2) is 23.1 Å². The summed E-state index contributed by atoms with van der Waals surface area (Å²) < 4.78 is 31.2. The van der Waals surface area contributed by atoms with Gasteiger partial charge in [0.05, 0.1) is 17.6 Å².